The Bertz CT molecular complexity index is 984. The zero-order valence-electron chi connectivity index (χ0n) is 16.8. The van der Waals surface area contributed by atoms with E-state index >= 15 is 0 Å². The minimum Gasteiger partial charge on any atom is -0.360 e. The summed E-state index contributed by atoms with van der Waals surface area (Å²) in [7, 11) is 0. The van der Waals surface area contributed by atoms with Gasteiger partial charge in [-0.25, -0.2) is 0 Å². The van der Waals surface area contributed by atoms with Crippen LogP contribution in [0.25, 0.3) is 0 Å². The molecule has 2 aromatic rings. The maximum atomic E-state index is 12.5. The first kappa shape index (κ1) is 20.3. The lowest BCUT2D eigenvalue weighted by atomic mass is 9.89. The fraction of sp³-hybridized carbons (Fsp3) is 0.292. The number of fused-ring (bicyclic) bond motifs is 1. The van der Waals surface area contributed by atoms with Gasteiger partial charge in [0.05, 0.1) is 6.04 Å². The van der Waals surface area contributed by atoms with Gasteiger partial charge in [-0.2, -0.15) is 5.26 Å². The van der Waals surface area contributed by atoms with Gasteiger partial charge in [-0.3, -0.25) is 9.59 Å². The van der Waals surface area contributed by atoms with Crippen LogP contribution in [0.15, 0.2) is 54.2 Å². The van der Waals surface area contributed by atoms with Crippen LogP contribution >= 0.6 is 0 Å². The number of benzene rings is 2. The first-order valence-corrected chi connectivity index (χ1v) is 9.88. The van der Waals surface area contributed by atoms with Crippen LogP contribution in [0.3, 0.4) is 0 Å². The summed E-state index contributed by atoms with van der Waals surface area (Å²) < 4.78 is 0. The van der Waals surface area contributed by atoms with Crippen molar-refractivity contribution in [2.75, 3.05) is 5.32 Å². The summed E-state index contributed by atoms with van der Waals surface area (Å²) in [5.41, 5.74) is 5.10. The smallest absolute Gasteiger partial charge is 0.263 e. The van der Waals surface area contributed by atoms with Gasteiger partial charge >= 0.3 is 0 Å². The van der Waals surface area contributed by atoms with E-state index < -0.39 is 5.91 Å². The average Bonchev–Trinajstić information content (AvgIpc) is 2.74. The zero-order valence-corrected chi connectivity index (χ0v) is 16.8. The van der Waals surface area contributed by atoms with Crippen molar-refractivity contribution in [1.29, 1.82) is 5.26 Å². The molecule has 0 heterocycles. The van der Waals surface area contributed by atoms with E-state index in [1.54, 1.807) is 24.3 Å². The molecule has 3 rings (SSSR count). The normalized spacial score (nSPS) is 14.3. The molecule has 2 N–H and O–H groups in total. The molecule has 0 spiro atoms. The van der Waals surface area contributed by atoms with Crippen LogP contribution in [0.4, 0.5) is 5.69 Å². The topological polar surface area (TPSA) is 82.0 Å². The molecule has 1 aliphatic carbocycles. The van der Waals surface area contributed by atoms with E-state index in [0.29, 0.717) is 11.3 Å². The lowest BCUT2D eigenvalue weighted by Crippen LogP contribution is -2.28. The number of rotatable bonds is 6. The molecule has 0 radical (unpaired) electrons. The minimum absolute atomic E-state index is 0.00884. The van der Waals surface area contributed by atoms with Gasteiger partial charge in [0.1, 0.15) is 11.6 Å². The quantitative estimate of drug-likeness (QED) is 0.435. The summed E-state index contributed by atoms with van der Waals surface area (Å²) in [6.45, 7) is 3.43. The van der Waals surface area contributed by atoms with E-state index in [-0.39, 0.29) is 17.4 Å². The summed E-state index contributed by atoms with van der Waals surface area (Å²) in [5, 5.41) is 15.2. The van der Waals surface area contributed by atoms with E-state index in [1.165, 1.54) is 37.1 Å². The highest BCUT2D eigenvalue weighted by molar-refractivity contribution is 5.98. The molecule has 5 nitrogen and oxygen atoms in total. The molecule has 0 fully saturated rings. The second-order valence-electron chi connectivity index (χ2n) is 7.38. The monoisotopic (exact) mass is 387 g/mol. The van der Waals surface area contributed by atoms with Crippen molar-refractivity contribution < 1.29 is 9.59 Å². The Morgan fingerprint density at radius 1 is 1.07 bits per heavy atom. The highest BCUT2D eigenvalue weighted by atomic mass is 16.1. The molecular formula is C24H25N3O2. The maximum absolute atomic E-state index is 12.5. The molecule has 1 amide bonds. The van der Waals surface area contributed by atoms with Gasteiger partial charge in [-0.05, 0) is 80.5 Å². The van der Waals surface area contributed by atoms with Gasteiger partial charge in [0.15, 0.2) is 5.78 Å². The van der Waals surface area contributed by atoms with E-state index in [2.05, 4.69) is 28.8 Å². The van der Waals surface area contributed by atoms with Crippen LogP contribution in [0, 0.1) is 11.3 Å². The molecule has 0 aliphatic heterocycles. The molecule has 148 valence electrons. The second kappa shape index (κ2) is 9.20. The highest BCUT2D eigenvalue weighted by Crippen LogP contribution is 2.25. The average molecular weight is 387 g/mol. The van der Waals surface area contributed by atoms with Crippen LogP contribution in [-0.2, 0) is 17.6 Å². The van der Waals surface area contributed by atoms with E-state index in [4.69, 9.17) is 0 Å². The van der Waals surface area contributed by atoms with Gasteiger partial charge in [-0.15, -0.1) is 0 Å². The number of nitrogens with zero attached hydrogens (tertiary/aromatic N) is 1. The van der Waals surface area contributed by atoms with Crippen molar-refractivity contribution in [1.82, 2.24) is 5.32 Å². The molecule has 1 unspecified atom stereocenters. The molecular weight excluding hydrogens is 362 g/mol. The van der Waals surface area contributed by atoms with Crippen LogP contribution in [0.5, 0.6) is 0 Å². The van der Waals surface area contributed by atoms with Crippen LogP contribution in [0.2, 0.25) is 0 Å². The number of amides is 1. The summed E-state index contributed by atoms with van der Waals surface area (Å²) in [4.78, 5) is 23.9. The molecule has 29 heavy (non-hydrogen) atoms. The Balaban J connectivity index is 1.65. The Labute approximate surface area is 171 Å². The number of nitriles is 1. The zero-order chi connectivity index (χ0) is 20.8. The van der Waals surface area contributed by atoms with Gasteiger partial charge in [0.25, 0.3) is 5.91 Å². The van der Waals surface area contributed by atoms with Gasteiger partial charge in [-0.1, -0.05) is 18.2 Å². The molecule has 0 saturated heterocycles. The summed E-state index contributed by atoms with van der Waals surface area (Å²) >= 11 is 0. The predicted octanol–water partition coefficient (Wildman–Crippen LogP) is 4.46. The molecule has 5 heteroatoms. The van der Waals surface area contributed by atoms with Crippen LogP contribution in [-0.4, -0.2) is 11.7 Å². The second-order valence-corrected chi connectivity index (χ2v) is 7.38. The van der Waals surface area contributed by atoms with Crippen LogP contribution < -0.4 is 10.6 Å². The van der Waals surface area contributed by atoms with Crippen LogP contribution in [0.1, 0.15) is 59.8 Å². The molecule has 1 aliphatic rings. The number of Topliss-reactive ketones (excluding diaryl/α,β-unsaturated/α-hetero) is 1. The lowest BCUT2D eigenvalue weighted by molar-refractivity contribution is -0.117. The Morgan fingerprint density at radius 3 is 2.41 bits per heavy atom. The molecule has 0 aromatic heterocycles. The third-order valence-electron chi connectivity index (χ3n) is 5.26. The Kier molecular flexibility index (Phi) is 6.46. The fourth-order valence-electron chi connectivity index (χ4n) is 3.49. The van der Waals surface area contributed by atoms with Crippen molar-refractivity contribution in [3.8, 4) is 6.07 Å². The van der Waals surface area contributed by atoms with Crippen molar-refractivity contribution in [3.05, 3.63) is 76.5 Å². The maximum Gasteiger partial charge on any atom is 0.263 e. The number of ketones is 1. The van der Waals surface area contributed by atoms with Gasteiger partial charge in [0.2, 0.25) is 0 Å². The third kappa shape index (κ3) is 5.11. The van der Waals surface area contributed by atoms with E-state index in [1.807, 2.05) is 13.0 Å². The molecule has 2 aromatic carbocycles. The van der Waals surface area contributed by atoms with Crippen molar-refractivity contribution in [3.63, 3.8) is 0 Å². The number of anilines is 1. The minimum atomic E-state index is -0.425. The lowest BCUT2D eigenvalue weighted by Gasteiger charge is -2.20. The first-order valence-electron chi connectivity index (χ1n) is 9.88. The third-order valence-corrected chi connectivity index (χ3v) is 5.26. The number of hydrogen-bond acceptors (Lipinski definition) is 4. The van der Waals surface area contributed by atoms with Crippen molar-refractivity contribution in [2.24, 2.45) is 0 Å². The first-order chi connectivity index (χ1) is 14.0. The fourth-order valence-corrected chi connectivity index (χ4v) is 3.49. The predicted molar refractivity (Wildman–Crippen MR) is 113 cm³/mol. The molecule has 0 saturated carbocycles. The summed E-state index contributed by atoms with van der Waals surface area (Å²) in [6, 6.07) is 15.0. The number of nitrogens with one attached hydrogen (secondary N) is 2. The number of carbonyl (C=O) groups is 2. The van der Waals surface area contributed by atoms with E-state index in [9.17, 15) is 14.9 Å². The number of carbonyl (C=O) groups excluding carboxylic acids is 2. The summed E-state index contributed by atoms with van der Waals surface area (Å²) in [5.74, 6) is -0.439. The largest absolute Gasteiger partial charge is 0.360 e. The SMILES string of the molecule is CC(=O)c1ccc(N/C=C(/C#N)C(=O)NC(C)c2ccc3c(c2)CCCC3)cc1. The molecule has 0 bridgehead atoms. The van der Waals surface area contributed by atoms with Crippen molar-refractivity contribution in [2.45, 2.75) is 45.6 Å². The highest BCUT2D eigenvalue weighted by Gasteiger charge is 2.16. The Morgan fingerprint density at radius 2 is 1.76 bits per heavy atom. The van der Waals surface area contributed by atoms with Gasteiger partial charge in [0, 0.05) is 17.5 Å². The van der Waals surface area contributed by atoms with Crippen molar-refractivity contribution >= 4 is 17.4 Å². The van der Waals surface area contributed by atoms with Gasteiger partial charge < -0.3 is 10.6 Å². The summed E-state index contributed by atoms with van der Waals surface area (Å²) in [6.07, 6.45) is 6.03. The molecule has 1 atom stereocenters. The standard InChI is InChI=1S/C24H25N3O2/c1-16(20-8-7-19-5-3-4-6-21(19)13-20)27-24(29)22(14-25)15-26-23-11-9-18(10-12-23)17(2)28/h7-13,15-16,26H,3-6H2,1-2H3,(H,27,29)/b22-15-. The number of hydrogen-bond donors (Lipinski definition) is 2. The Hall–Kier alpha value is -3.39. The van der Waals surface area contributed by atoms with E-state index in [0.717, 1.165) is 18.4 Å². The number of aryl methyl sites for hydroxylation is 2.